The maximum absolute atomic E-state index is 11.3. The van der Waals surface area contributed by atoms with Gasteiger partial charge in [0.15, 0.2) is 5.82 Å². The Labute approximate surface area is 153 Å². The maximum atomic E-state index is 11.3. The van der Waals surface area contributed by atoms with E-state index in [1.165, 1.54) is 11.3 Å². The van der Waals surface area contributed by atoms with Gasteiger partial charge in [0.25, 0.3) is 0 Å². The summed E-state index contributed by atoms with van der Waals surface area (Å²) in [7, 11) is 0. The van der Waals surface area contributed by atoms with E-state index in [0.717, 1.165) is 26.9 Å². The Morgan fingerprint density at radius 2 is 1.88 bits per heavy atom. The molecule has 4 rings (SSSR count). The molecule has 1 amide bonds. The molecule has 0 spiro atoms. The minimum atomic E-state index is -0.448. The largest absolute Gasteiger partial charge is 0.368 e. The predicted molar refractivity (Wildman–Crippen MR) is 104 cm³/mol. The van der Waals surface area contributed by atoms with E-state index in [0.29, 0.717) is 11.6 Å². The number of nitrogens with zero attached hydrogens (tertiary/aromatic N) is 3. The van der Waals surface area contributed by atoms with Crippen LogP contribution in [0.2, 0.25) is 0 Å². The van der Waals surface area contributed by atoms with Gasteiger partial charge >= 0.3 is 0 Å². The Kier molecular flexibility index (Phi) is 4.28. The highest BCUT2D eigenvalue weighted by Gasteiger charge is 2.16. The third kappa shape index (κ3) is 3.12. The highest BCUT2D eigenvalue weighted by atomic mass is 32.1. The van der Waals surface area contributed by atoms with Crippen molar-refractivity contribution in [3.05, 3.63) is 60.2 Å². The fourth-order valence-electron chi connectivity index (χ4n) is 2.69. The quantitative estimate of drug-likeness (QED) is 0.569. The van der Waals surface area contributed by atoms with Gasteiger partial charge in [0.1, 0.15) is 10.6 Å². The first kappa shape index (κ1) is 16.2. The van der Waals surface area contributed by atoms with Crippen LogP contribution in [0.4, 0.5) is 5.82 Å². The van der Waals surface area contributed by atoms with Crippen molar-refractivity contribution in [1.82, 2.24) is 15.0 Å². The van der Waals surface area contributed by atoms with Gasteiger partial charge in [-0.1, -0.05) is 30.3 Å². The van der Waals surface area contributed by atoms with Crippen LogP contribution < -0.4 is 11.1 Å². The second kappa shape index (κ2) is 6.89. The Hall–Kier alpha value is -3.32. The van der Waals surface area contributed by atoms with Crippen molar-refractivity contribution in [3.63, 3.8) is 0 Å². The molecule has 0 aliphatic carbocycles. The van der Waals surface area contributed by atoms with Gasteiger partial charge in [0.05, 0.1) is 11.9 Å². The molecule has 7 heteroatoms. The predicted octanol–water partition coefficient (Wildman–Crippen LogP) is 3.32. The molecular formula is C19H15N5OS. The lowest BCUT2D eigenvalue weighted by Gasteiger charge is -2.09. The number of pyridine rings is 1. The van der Waals surface area contributed by atoms with Gasteiger partial charge in [-0.15, -0.1) is 11.3 Å². The van der Waals surface area contributed by atoms with Crippen LogP contribution in [0.25, 0.3) is 32.7 Å². The summed E-state index contributed by atoms with van der Waals surface area (Å²) in [6.07, 6.45) is 3.41. The van der Waals surface area contributed by atoms with Crippen LogP contribution in [0.15, 0.2) is 60.2 Å². The van der Waals surface area contributed by atoms with Gasteiger partial charge in [-0.25, -0.2) is 9.97 Å². The van der Waals surface area contributed by atoms with Crippen LogP contribution in [0.1, 0.15) is 0 Å². The number of nitrogens with two attached hydrogens (primary N) is 1. The number of rotatable bonds is 5. The summed E-state index contributed by atoms with van der Waals surface area (Å²) < 4.78 is 0. The van der Waals surface area contributed by atoms with E-state index in [-0.39, 0.29) is 6.54 Å². The van der Waals surface area contributed by atoms with E-state index in [1.807, 2.05) is 42.5 Å². The molecule has 3 aromatic heterocycles. The van der Waals surface area contributed by atoms with Crippen molar-refractivity contribution < 1.29 is 4.79 Å². The summed E-state index contributed by atoms with van der Waals surface area (Å²) in [5.74, 6) is 0.697. The van der Waals surface area contributed by atoms with Gasteiger partial charge in [-0.05, 0) is 17.7 Å². The fraction of sp³-hybridized carbons (Fsp3) is 0.0526. The average Bonchev–Trinajstić information content (AvgIpc) is 3.11. The molecule has 3 heterocycles. The number of nitrogens with one attached hydrogen (secondary N) is 1. The lowest BCUT2D eigenvalue weighted by molar-refractivity contribution is -0.116. The van der Waals surface area contributed by atoms with Crippen LogP contribution >= 0.6 is 11.3 Å². The van der Waals surface area contributed by atoms with Crippen LogP contribution in [0.5, 0.6) is 0 Å². The van der Waals surface area contributed by atoms with Gasteiger partial charge in [-0.2, -0.15) is 0 Å². The number of thiophene rings is 1. The van der Waals surface area contributed by atoms with Gasteiger partial charge < -0.3 is 11.1 Å². The molecule has 4 aromatic rings. The smallest absolute Gasteiger partial charge is 0.236 e. The van der Waals surface area contributed by atoms with Gasteiger partial charge in [-0.3, -0.25) is 9.78 Å². The van der Waals surface area contributed by atoms with E-state index in [9.17, 15) is 4.79 Å². The standard InChI is InChI=1S/C19H15N5OS/c20-15(25)10-22-18-16-14(12-5-2-1-3-6-12)11-26-19(16)24-17(23-18)13-7-4-8-21-9-13/h1-9,11H,10H2,(H2,20,25)(H,22,23,24). The second-order valence-corrected chi connectivity index (χ2v) is 6.51. The Morgan fingerprint density at radius 1 is 1.08 bits per heavy atom. The zero-order valence-electron chi connectivity index (χ0n) is 13.7. The van der Waals surface area contributed by atoms with Crippen molar-refractivity contribution in [2.24, 2.45) is 5.73 Å². The number of carbonyl (C=O) groups excluding carboxylic acids is 1. The first-order valence-electron chi connectivity index (χ1n) is 7.99. The topological polar surface area (TPSA) is 93.8 Å². The molecule has 0 saturated heterocycles. The zero-order valence-corrected chi connectivity index (χ0v) is 14.5. The number of fused-ring (bicyclic) bond motifs is 1. The summed E-state index contributed by atoms with van der Waals surface area (Å²) >= 11 is 1.54. The zero-order chi connectivity index (χ0) is 17.9. The molecule has 0 bridgehead atoms. The molecule has 1 aromatic carbocycles. The fourth-order valence-corrected chi connectivity index (χ4v) is 3.64. The number of carbonyl (C=O) groups is 1. The van der Waals surface area contributed by atoms with Gasteiger partial charge in [0, 0.05) is 28.9 Å². The van der Waals surface area contributed by atoms with E-state index >= 15 is 0 Å². The lowest BCUT2D eigenvalue weighted by atomic mass is 10.1. The number of benzene rings is 1. The molecule has 0 radical (unpaired) electrons. The first-order chi connectivity index (χ1) is 12.7. The summed E-state index contributed by atoms with van der Waals surface area (Å²) in [6, 6.07) is 13.8. The van der Waals surface area contributed by atoms with Crippen molar-refractivity contribution >= 4 is 33.3 Å². The van der Waals surface area contributed by atoms with Crippen molar-refractivity contribution in [2.75, 3.05) is 11.9 Å². The summed E-state index contributed by atoms with van der Waals surface area (Å²) in [5, 5.41) is 5.99. The lowest BCUT2D eigenvalue weighted by Crippen LogP contribution is -2.22. The number of hydrogen-bond donors (Lipinski definition) is 2. The van der Waals surface area contributed by atoms with Crippen LogP contribution in [-0.2, 0) is 4.79 Å². The summed E-state index contributed by atoms with van der Waals surface area (Å²) in [5.41, 5.74) is 8.21. The van der Waals surface area contributed by atoms with Crippen molar-refractivity contribution in [1.29, 1.82) is 0 Å². The minimum Gasteiger partial charge on any atom is -0.368 e. The van der Waals surface area contributed by atoms with E-state index in [2.05, 4.69) is 20.7 Å². The van der Waals surface area contributed by atoms with E-state index in [4.69, 9.17) is 10.7 Å². The molecule has 0 aliphatic rings. The number of amides is 1. The van der Waals surface area contributed by atoms with Crippen molar-refractivity contribution in [2.45, 2.75) is 0 Å². The molecule has 0 aliphatic heterocycles. The van der Waals surface area contributed by atoms with Crippen LogP contribution in [0.3, 0.4) is 0 Å². The molecule has 128 valence electrons. The first-order valence-corrected chi connectivity index (χ1v) is 8.87. The van der Waals surface area contributed by atoms with Crippen molar-refractivity contribution in [3.8, 4) is 22.5 Å². The van der Waals surface area contributed by atoms with E-state index in [1.54, 1.807) is 12.4 Å². The third-order valence-electron chi connectivity index (χ3n) is 3.87. The Morgan fingerprint density at radius 3 is 2.62 bits per heavy atom. The second-order valence-electron chi connectivity index (χ2n) is 5.65. The minimum absolute atomic E-state index is 0.00265. The van der Waals surface area contributed by atoms with Crippen LogP contribution in [0, 0.1) is 0 Å². The monoisotopic (exact) mass is 361 g/mol. The summed E-state index contributed by atoms with van der Waals surface area (Å²) in [6.45, 7) is 0.00265. The number of anilines is 1. The van der Waals surface area contributed by atoms with Crippen LogP contribution in [-0.4, -0.2) is 27.4 Å². The Bertz CT molecular complexity index is 1060. The number of aromatic nitrogens is 3. The average molecular weight is 361 g/mol. The highest BCUT2D eigenvalue weighted by molar-refractivity contribution is 7.17. The third-order valence-corrected chi connectivity index (χ3v) is 4.74. The molecule has 6 nitrogen and oxygen atoms in total. The molecule has 0 fully saturated rings. The Balaban J connectivity index is 1.90. The molecule has 3 N–H and O–H groups in total. The molecule has 0 atom stereocenters. The molecule has 0 unspecified atom stereocenters. The van der Waals surface area contributed by atoms with Gasteiger partial charge in [0.2, 0.25) is 5.91 Å². The maximum Gasteiger partial charge on any atom is 0.236 e. The highest BCUT2D eigenvalue weighted by Crippen LogP contribution is 2.37. The number of primary amides is 1. The molecule has 26 heavy (non-hydrogen) atoms. The summed E-state index contributed by atoms with van der Waals surface area (Å²) in [4.78, 5) is 25.6. The number of hydrogen-bond acceptors (Lipinski definition) is 6. The van der Waals surface area contributed by atoms with E-state index < -0.39 is 5.91 Å². The molecular weight excluding hydrogens is 346 g/mol. The normalized spacial score (nSPS) is 10.8. The molecule has 0 saturated carbocycles. The SMILES string of the molecule is NC(=O)CNc1nc(-c2cccnc2)nc2scc(-c3ccccc3)c12.